The molecular formula is C14H11FINO2. The molecule has 98 valence electrons. The highest BCUT2D eigenvalue weighted by Crippen LogP contribution is 2.18. The van der Waals surface area contributed by atoms with Crippen LogP contribution in [0.1, 0.15) is 15.9 Å². The van der Waals surface area contributed by atoms with Crippen molar-refractivity contribution in [1.29, 1.82) is 0 Å². The Kier molecular flexibility index (Phi) is 4.36. The van der Waals surface area contributed by atoms with Crippen LogP contribution < -0.4 is 10.5 Å². The van der Waals surface area contributed by atoms with Crippen molar-refractivity contribution >= 4 is 28.5 Å². The molecule has 0 unspecified atom stereocenters. The first kappa shape index (κ1) is 13.8. The molecule has 0 bridgehead atoms. The molecule has 2 aromatic carbocycles. The fraction of sp³-hybridized carbons (Fsp3) is 0.0714. The number of ether oxygens (including phenoxy) is 1. The van der Waals surface area contributed by atoms with Crippen LogP contribution in [0.3, 0.4) is 0 Å². The largest absolute Gasteiger partial charge is 0.489 e. The number of amides is 1. The summed E-state index contributed by atoms with van der Waals surface area (Å²) in [4.78, 5) is 10.9. The molecule has 0 saturated carbocycles. The number of primary amides is 1. The molecule has 2 rings (SSSR count). The molecule has 3 nitrogen and oxygen atoms in total. The van der Waals surface area contributed by atoms with Gasteiger partial charge < -0.3 is 10.5 Å². The molecule has 0 aliphatic rings. The number of nitrogens with two attached hydrogens (primary N) is 1. The first-order chi connectivity index (χ1) is 9.06. The molecule has 0 aliphatic carbocycles. The maximum absolute atomic E-state index is 13.7. The average molecular weight is 371 g/mol. The summed E-state index contributed by atoms with van der Waals surface area (Å²) in [6.07, 6.45) is 0. The molecule has 0 fully saturated rings. The maximum Gasteiger partial charge on any atom is 0.248 e. The van der Waals surface area contributed by atoms with Crippen molar-refractivity contribution < 1.29 is 13.9 Å². The Hall–Kier alpha value is -1.63. The maximum atomic E-state index is 13.7. The van der Waals surface area contributed by atoms with E-state index < -0.39 is 11.7 Å². The number of benzene rings is 2. The predicted octanol–water partition coefficient (Wildman–Crippen LogP) is 3.11. The molecule has 5 heteroatoms. The average Bonchev–Trinajstić information content (AvgIpc) is 2.37. The molecule has 0 aromatic heterocycles. The van der Waals surface area contributed by atoms with E-state index in [0.717, 1.165) is 9.64 Å². The highest BCUT2D eigenvalue weighted by Gasteiger charge is 2.07. The fourth-order valence-electron chi connectivity index (χ4n) is 1.54. The number of carbonyl (C=O) groups is 1. The highest BCUT2D eigenvalue weighted by atomic mass is 127. The van der Waals surface area contributed by atoms with Gasteiger partial charge in [0.1, 0.15) is 18.2 Å². The second-order valence-electron chi connectivity index (χ2n) is 3.92. The molecule has 1 amide bonds. The number of rotatable bonds is 4. The Morgan fingerprint density at radius 3 is 2.68 bits per heavy atom. The van der Waals surface area contributed by atoms with Gasteiger partial charge in [-0.3, -0.25) is 4.79 Å². The summed E-state index contributed by atoms with van der Waals surface area (Å²) >= 11 is 2.17. The minimum Gasteiger partial charge on any atom is -0.489 e. The van der Waals surface area contributed by atoms with E-state index in [2.05, 4.69) is 22.6 Å². The standard InChI is InChI=1S/C14H11FINO2/c15-13-6-9(14(17)18)4-5-10(13)8-19-12-3-1-2-11(16)7-12/h1-7H,8H2,(H2,17,18). The zero-order valence-electron chi connectivity index (χ0n) is 9.90. The lowest BCUT2D eigenvalue weighted by atomic mass is 10.1. The molecule has 2 N–H and O–H groups in total. The molecule has 2 aromatic rings. The van der Waals surface area contributed by atoms with Gasteiger partial charge in [-0.25, -0.2) is 4.39 Å². The Balaban J connectivity index is 2.10. The lowest BCUT2D eigenvalue weighted by molar-refractivity contribution is 0.0999. The van der Waals surface area contributed by atoms with E-state index in [0.29, 0.717) is 11.3 Å². The lowest BCUT2D eigenvalue weighted by Crippen LogP contribution is -2.11. The summed E-state index contributed by atoms with van der Waals surface area (Å²) in [5.41, 5.74) is 5.60. The smallest absolute Gasteiger partial charge is 0.248 e. The SMILES string of the molecule is NC(=O)c1ccc(COc2cccc(I)c2)c(F)c1. The van der Waals surface area contributed by atoms with E-state index >= 15 is 0 Å². The molecule has 0 aliphatic heterocycles. The van der Waals surface area contributed by atoms with Crippen molar-refractivity contribution in [3.8, 4) is 5.75 Å². The number of hydrogen-bond acceptors (Lipinski definition) is 2. The van der Waals surface area contributed by atoms with E-state index in [1.165, 1.54) is 12.1 Å². The van der Waals surface area contributed by atoms with Gasteiger partial charge in [-0.2, -0.15) is 0 Å². The topological polar surface area (TPSA) is 52.3 Å². The van der Waals surface area contributed by atoms with Crippen molar-refractivity contribution in [3.63, 3.8) is 0 Å². The van der Waals surface area contributed by atoms with Gasteiger partial charge in [-0.1, -0.05) is 12.1 Å². The van der Waals surface area contributed by atoms with Gasteiger partial charge in [0.15, 0.2) is 0 Å². The monoisotopic (exact) mass is 371 g/mol. The summed E-state index contributed by atoms with van der Waals surface area (Å²) in [5, 5.41) is 0. The van der Waals surface area contributed by atoms with Crippen LogP contribution in [0.2, 0.25) is 0 Å². The first-order valence-electron chi connectivity index (χ1n) is 5.53. The van der Waals surface area contributed by atoms with Gasteiger partial charge in [0.2, 0.25) is 5.91 Å². The Bertz CT molecular complexity index is 616. The second-order valence-corrected chi connectivity index (χ2v) is 5.16. The number of hydrogen-bond donors (Lipinski definition) is 1. The normalized spacial score (nSPS) is 10.2. The van der Waals surface area contributed by atoms with E-state index in [9.17, 15) is 9.18 Å². The third-order valence-corrected chi connectivity index (χ3v) is 3.20. The lowest BCUT2D eigenvalue weighted by Gasteiger charge is -2.08. The summed E-state index contributed by atoms with van der Waals surface area (Å²) in [6.45, 7) is 0.102. The van der Waals surface area contributed by atoms with Crippen molar-refractivity contribution in [2.45, 2.75) is 6.61 Å². The molecule has 0 atom stereocenters. The van der Waals surface area contributed by atoms with Crippen LogP contribution in [0, 0.1) is 9.39 Å². The molecule has 0 radical (unpaired) electrons. The van der Waals surface area contributed by atoms with Crippen LogP contribution in [0.4, 0.5) is 4.39 Å². The molecule has 19 heavy (non-hydrogen) atoms. The van der Waals surface area contributed by atoms with Gasteiger partial charge in [-0.15, -0.1) is 0 Å². The van der Waals surface area contributed by atoms with E-state index in [1.54, 1.807) is 6.07 Å². The number of halogens is 2. The van der Waals surface area contributed by atoms with Crippen LogP contribution in [0.5, 0.6) is 5.75 Å². The van der Waals surface area contributed by atoms with E-state index in [4.69, 9.17) is 10.5 Å². The van der Waals surface area contributed by atoms with Crippen molar-refractivity contribution in [3.05, 3.63) is 63.0 Å². The van der Waals surface area contributed by atoms with Gasteiger partial charge >= 0.3 is 0 Å². The highest BCUT2D eigenvalue weighted by molar-refractivity contribution is 14.1. The fourth-order valence-corrected chi connectivity index (χ4v) is 2.05. The summed E-state index contributed by atoms with van der Waals surface area (Å²) in [5.74, 6) is -0.476. The predicted molar refractivity (Wildman–Crippen MR) is 78.4 cm³/mol. The summed E-state index contributed by atoms with van der Waals surface area (Å²) in [7, 11) is 0. The van der Waals surface area contributed by atoms with Crippen LogP contribution in [-0.4, -0.2) is 5.91 Å². The third kappa shape index (κ3) is 3.66. The van der Waals surface area contributed by atoms with Gasteiger partial charge in [0.25, 0.3) is 0 Å². The molecule has 0 saturated heterocycles. The zero-order chi connectivity index (χ0) is 13.8. The Morgan fingerprint density at radius 2 is 2.05 bits per heavy atom. The minimum atomic E-state index is -0.649. The van der Waals surface area contributed by atoms with Crippen LogP contribution in [0.15, 0.2) is 42.5 Å². The van der Waals surface area contributed by atoms with Crippen molar-refractivity contribution in [1.82, 2.24) is 0 Å². The molecule has 0 heterocycles. The first-order valence-corrected chi connectivity index (χ1v) is 6.61. The molecule has 0 spiro atoms. The molecular weight excluding hydrogens is 360 g/mol. The summed E-state index contributed by atoms with van der Waals surface area (Å²) in [6, 6.07) is 11.6. The van der Waals surface area contributed by atoms with Crippen molar-refractivity contribution in [2.75, 3.05) is 0 Å². The Morgan fingerprint density at radius 1 is 1.26 bits per heavy atom. The second kappa shape index (κ2) is 6.01. The van der Waals surface area contributed by atoms with E-state index in [1.807, 2.05) is 18.2 Å². The quantitative estimate of drug-likeness (QED) is 0.840. The van der Waals surface area contributed by atoms with Crippen LogP contribution in [0.25, 0.3) is 0 Å². The number of carbonyl (C=O) groups excluding carboxylic acids is 1. The summed E-state index contributed by atoms with van der Waals surface area (Å²) < 4.78 is 20.2. The van der Waals surface area contributed by atoms with Crippen LogP contribution >= 0.6 is 22.6 Å². The zero-order valence-corrected chi connectivity index (χ0v) is 12.1. The van der Waals surface area contributed by atoms with Gasteiger partial charge in [0.05, 0.1) is 0 Å². The third-order valence-electron chi connectivity index (χ3n) is 2.53. The minimum absolute atomic E-state index is 0.102. The van der Waals surface area contributed by atoms with Gasteiger partial charge in [0, 0.05) is 14.7 Å². The van der Waals surface area contributed by atoms with Gasteiger partial charge in [-0.05, 0) is 52.9 Å². The van der Waals surface area contributed by atoms with E-state index in [-0.39, 0.29) is 12.2 Å². The van der Waals surface area contributed by atoms with Crippen LogP contribution in [-0.2, 0) is 6.61 Å². The Labute approximate surface area is 123 Å². The van der Waals surface area contributed by atoms with Crippen molar-refractivity contribution in [2.24, 2.45) is 5.73 Å².